The van der Waals surface area contributed by atoms with Gasteiger partial charge in [0.15, 0.2) is 0 Å². The van der Waals surface area contributed by atoms with Gasteiger partial charge in [-0.15, -0.1) is 0 Å². The highest BCUT2D eigenvalue weighted by molar-refractivity contribution is 5.23. The van der Waals surface area contributed by atoms with Gasteiger partial charge in [0.2, 0.25) is 0 Å². The Balaban J connectivity index is 2.05. The van der Waals surface area contributed by atoms with E-state index in [0.717, 1.165) is 13.1 Å². The second-order valence-corrected chi connectivity index (χ2v) is 5.50. The van der Waals surface area contributed by atoms with Crippen molar-refractivity contribution in [3.63, 3.8) is 0 Å². The molecule has 0 amide bonds. The van der Waals surface area contributed by atoms with Crippen LogP contribution in [0.4, 0.5) is 0 Å². The molecule has 0 saturated heterocycles. The Morgan fingerprint density at radius 3 is 2.50 bits per heavy atom. The van der Waals surface area contributed by atoms with Gasteiger partial charge >= 0.3 is 0 Å². The first kappa shape index (κ1) is 14.9. The zero-order chi connectivity index (χ0) is 14.4. The van der Waals surface area contributed by atoms with Gasteiger partial charge in [-0.05, 0) is 37.1 Å². The molecule has 108 valence electrons. The van der Waals surface area contributed by atoms with Crippen LogP contribution in [0.1, 0.15) is 49.4 Å². The van der Waals surface area contributed by atoms with Gasteiger partial charge in [0.25, 0.3) is 0 Å². The maximum Gasteiger partial charge on any atom is 0.0470 e. The van der Waals surface area contributed by atoms with Crippen LogP contribution in [0.5, 0.6) is 0 Å². The van der Waals surface area contributed by atoms with E-state index in [2.05, 4.69) is 73.4 Å². The molecule has 0 saturated carbocycles. The van der Waals surface area contributed by atoms with Crippen LogP contribution in [-0.4, -0.2) is 11.1 Å². The highest BCUT2D eigenvalue weighted by atomic mass is 15.0. The van der Waals surface area contributed by atoms with Crippen LogP contribution in [0, 0.1) is 6.92 Å². The summed E-state index contributed by atoms with van der Waals surface area (Å²) in [5.41, 5.74) is 4.08. The molecule has 2 heteroatoms. The zero-order valence-electron chi connectivity index (χ0n) is 12.9. The van der Waals surface area contributed by atoms with Crippen LogP contribution in [0.15, 0.2) is 42.7 Å². The van der Waals surface area contributed by atoms with Gasteiger partial charge in [0.05, 0.1) is 0 Å². The number of rotatable bonds is 7. The fourth-order valence-corrected chi connectivity index (χ4v) is 2.59. The van der Waals surface area contributed by atoms with Crippen molar-refractivity contribution < 1.29 is 0 Å². The molecule has 1 unspecified atom stereocenters. The highest BCUT2D eigenvalue weighted by Gasteiger charge is 2.10. The molecule has 1 N–H and O–H groups in total. The summed E-state index contributed by atoms with van der Waals surface area (Å²) >= 11 is 0. The maximum atomic E-state index is 3.57. The lowest BCUT2D eigenvalue weighted by Crippen LogP contribution is -2.20. The molecule has 1 aromatic heterocycles. The van der Waals surface area contributed by atoms with Crippen molar-refractivity contribution in [3.05, 3.63) is 59.4 Å². The van der Waals surface area contributed by atoms with E-state index in [1.807, 2.05) is 0 Å². The first-order valence-electron chi connectivity index (χ1n) is 7.67. The highest BCUT2D eigenvalue weighted by Crippen LogP contribution is 2.19. The number of hydrogen-bond donors (Lipinski definition) is 1. The van der Waals surface area contributed by atoms with Crippen molar-refractivity contribution in [2.24, 2.45) is 0 Å². The molecule has 2 rings (SSSR count). The molecule has 1 aromatic carbocycles. The van der Waals surface area contributed by atoms with E-state index < -0.39 is 0 Å². The van der Waals surface area contributed by atoms with Crippen molar-refractivity contribution >= 4 is 0 Å². The summed E-state index contributed by atoms with van der Waals surface area (Å²) in [6, 6.07) is 11.5. The molecule has 0 aliphatic carbocycles. The van der Waals surface area contributed by atoms with Gasteiger partial charge in [-0.2, -0.15) is 0 Å². The second-order valence-electron chi connectivity index (χ2n) is 5.50. The largest absolute Gasteiger partial charge is 0.350 e. The third-order valence-corrected chi connectivity index (χ3v) is 3.69. The Morgan fingerprint density at radius 1 is 1.10 bits per heavy atom. The van der Waals surface area contributed by atoms with Crippen molar-refractivity contribution in [1.82, 2.24) is 9.88 Å². The first-order chi connectivity index (χ1) is 9.72. The fraction of sp³-hybridized carbons (Fsp3) is 0.444. The van der Waals surface area contributed by atoms with E-state index in [-0.39, 0.29) is 0 Å². The smallest absolute Gasteiger partial charge is 0.0470 e. The molecule has 0 bridgehead atoms. The number of aromatic nitrogens is 1. The minimum Gasteiger partial charge on any atom is -0.350 e. The van der Waals surface area contributed by atoms with E-state index in [4.69, 9.17) is 0 Å². The van der Waals surface area contributed by atoms with Crippen LogP contribution in [0.3, 0.4) is 0 Å². The summed E-state index contributed by atoms with van der Waals surface area (Å²) in [5, 5.41) is 3.57. The zero-order valence-corrected chi connectivity index (χ0v) is 12.9. The van der Waals surface area contributed by atoms with E-state index in [1.165, 1.54) is 29.5 Å². The Morgan fingerprint density at radius 2 is 1.85 bits per heavy atom. The quantitative estimate of drug-likeness (QED) is 0.794. The Hall–Kier alpha value is -1.54. The maximum absolute atomic E-state index is 3.57. The fourth-order valence-electron chi connectivity index (χ4n) is 2.59. The molecule has 20 heavy (non-hydrogen) atoms. The van der Waals surface area contributed by atoms with Crippen LogP contribution in [0.25, 0.3) is 0 Å². The van der Waals surface area contributed by atoms with Crippen molar-refractivity contribution in [1.29, 1.82) is 0 Å². The van der Waals surface area contributed by atoms with Gasteiger partial charge in [-0.1, -0.05) is 50.1 Å². The summed E-state index contributed by atoms with van der Waals surface area (Å²) in [4.78, 5) is 0. The summed E-state index contributed by atoms with van der Waals surface area (Å²) in [5.74, 6) is 0. The molecule has 0 aliphatic heterocycles. The minimum atomic E-state index is 0.490. The van der Waals surface area contributed by atoms with Gasteiger partial charge in [-0.25, -0.2) is 0 Å². The molecular weight excluding hydrogens is 244 g/mol. The Labute approximate surface area is 122 Å². The number of nitrogens with one attached hydrogen (secondary N) is 1. The van der Waals surface area contributed by atoms with Crippen LogP contribution in [0.2, 0.25) is 0 Å². The van der Waals surface area contributed by atoms with Crippen molar-refractivity contribution in [2.45, 2.75) is 46.2 Å². The summed E-state index contributed by atoms with van der Waals surface area (Å²) < 4.78 is 2.28. The first-order valence-corrected chi connectivity index (χ1v) is 7.67. The lowest BCUT2D eigenvalue weighted by atomic mass is 10.1. The Kier molecular flexibility index (Phi) is 5.42. The van der Waals surface area contributed by atoms with Gasteiger partial charge in [0.1, 0.15) is 0 Å². The predicted octanol–water partition coefficient (Wildman–Crippen LogP) is 4.30. The molecule has 0 radical (unpaired) electrons. The standard InChI is InChI=1S/C18H26N2/c1-4-6-18(19-5-2)17-11-12-20(14-17)13-16-9-7-15(3)8-10-16/h7-12,14,18-19H,4-6,13H2,1-3H3. The summed E-state index contributed by atoms with van der Waals surface area (Å²) in [7, 11) is 0. The number of benzene rings is 1. The third kappa shape index (κ3) is 3.97. The SMILES string of the molecule is CCCC(NCC)c1ccn(Cc2ccc(C)cc2)c1. The normalized spacial score (nSPS) is 12.6. The monoisotopic (exact) mass is 270 g/mol. The predicted molar refractivity (Wildman–Crippen MR) is 86.0 cm³/mol. The number of nitrogens with zero attached hydrogens (tertiary/aromatic N) is 1. The molecule has 2 nitrogen and oxygen atoms in total. The van der Waals surface area contributed by atoms with Crippen LogP contribution >= 0.6 is 0 Å². The van der Waals surface area contributed by atoms with E-state index >= 15 is 0 Å². The lowest BCUT2D eigenvalue weighted by molar-refractivity contribution is 0.508. The van der Waals surface area contributed by atoms with Crippen molar-refractivity contribution in [3.8, 4) is 0 Å². The molecule has 1 atom stereocenters. The molecule has 0 spiro atoms. The summed E-state index contributed by atoms with van der Waals surface area (Å²) in [6.45, 7) is 8.52. The van der Waals surface area contributed by atoms with Gasteiger partial charge in [0, 0.05) is 25.0 Å². The molecule has 0 aliphatic rings. The average molecular weight is 270 g/mol. The van der Waals surface area contributed by atoms with E-state index in [9.17, 15) is 0 Å². The van der Waals surface area contributed by atoms with Gasteiger partial charge < -0.3 is 9.88 Å². The average Bonchev–Trinajstić information content (AvgIpc) is 2.90. The molecule has 1 heterocycles. The van der Waals surface area contributed by atoms with Gasteiger partial charge in [-0.3, -0.25) is 0 Å². The minimum absolute atomic E-state index is 0.490. The second kappa shape index (κ2) is 7.30. The van der Waals surface area contributed by atoms with Crippen LogP contribution in [-0.2, 0) is 6.54 Å². The molecule has 2 aromatic rings. The summed E-state index contributed by atoms with van der Waals surface area (Å²) in [6.07, 6.45) is 6.88. The van der Waals surface area contributed by atoms with Crippen molar-refractivity contribution in [2.75, 3.05) is 6.54 Å². The van der Waals surface area contributed by atoms with E-state index in [1.54, 1.807) is 0 Å². The lowest BCUT2D eigenvalue weighted by Gasteiger charge is -2.15. The third-order valence-electron chi connectivity index (χ3n) is 3.69. The van der Waals surface area contributed by atoms with Crippen LogP contribution < -0.4 is 5.32 Å². The number of hydrogen-bond acceptors (Lipinski definition) is 1. The molecular formula is C18H26N2. The Bertz CT molecular complexity index is 504. The van der Waals surface area contributed by atoms with E-state index in [0.29, 0.717) is 6.04 Å². The topological polar surface area (TPSA) is 17.0 Å². The number of aryl methyl sites for hydroxylation is 1. The molecule has 0 fully saturated rings.